The van der Waals surface area contributed by atoms with Crippen LogP contribution in [0.1, 0.15) is 5.56 Å². The molecule has 0 saturated heterocycles. The summed E-state index contributed by atoms with van der Waals surface area (Å²) in [5.74, 6) is 0.535. The summed E-state index contributed by atoms with van der Waals surface area (Å²) < 4.78 is 2.29. The molecule has 0 spiro atoms. The van der Waals surface area contributed by atoms with Gasteiger partial charge in [0.1, 0.15) is 5.82 Å². The summed E-state index contributed by atoms with van der Waals surface area (Å²) in [6.45, 7) is 0. The molecule has 7 heteroatoms. The van der Waals surface area contributed by atoms with Crippen LogP contribution in [0.15, 0.2) is 40.1 Å². The number of pyridine rings is 1. The van der Waals surface area contributed by atoms with Crippen LogP contribution in [0.3, 0.4) is 0 Å². The predicted octanol–water partition coefficient (Wildman–Crippen LogP) is 1.74. The van der Waals surface area contributed by atoms with Gasteiger partial charge in [0, 0.05) is 12.4 Å². The second-order valence-corrected chi connectivity index (χ2v) is 4.65. The van der Waals surface area contributed by atoms with E-state index in [2.05, 4.69) is 30.9 Å². The van der Waals surface area contributed by atoms with Crippen molar-refractivity contribution in [3.05, 3.63) is 51.2 Å². The molecule has 92 valence electrons. The normalized spacial score (nSPS) is 10.5. The fourth-order valence-corrected chi connectivity index (χ4v) is 2.38. The van der Waals surface area contributed by atoms with Crippen LogP contribution in [0.2, 0.25) is 0 Å². The van der Waals surface area contributed by atoms with Gasteiger partial charge in [-0.05, 0) is 28.1 Å². The van der Waals surface area contributed by atoms with Crippen molar-refractivity contribution in [3.8, 4) is 11.9 Å². The van der Waals surface area contributed by atoms with Gasteiger partial charge in [0.05, 0.1) is 27.8 Å². The number of halogens is 1. The molecule has 3 rings (SSSR count). The van der Waals surface area contributed by atoms with E-state index in [4.69, 9.17) is 5.26 Å². The maximum Gasteiger partial charge on any atom is 0.261 e. The highest BCUT2D eigenvalue weighted by Gasteiger charge is 2.13. The zero-order chi connectivity index (χ0) is 13.4. The molecule has 0 aliphatic heterocycles. The summed E-state index contributed by atoms with van der Waals surface area (Å²) in [6.07, 6.45) is 4.58. The van der Waals surface area contributed by atoms with Crippen molar-refractivity contribution in [3.63, 3.8) is 0 Å². The lowest BCUT2D eigenvalue weighted by molar-refractivity contribution is 1.01. The fraction of sp³-hybridized carbons (Fsp3) is 0. The van der Waals surface area contributed by atoms with E-state index >= 15 is 0 Å². The Kier molecular flexibility index (Phi) is 2.65. The van der Waals surface area contributed by atoms with Crippen LogP contribution in [-0.2, 0) is 0 Å². The van der Waals surface area contributed by atoms with Crippen LogP contribution >= 0.6 is 15.9 Å². The highest BCUT2D eigenvalue weighted by molar-refractivity contribution is 9.10. The van der Waals surface area contributed by atoms with E-state index in [1.807, 2.05) is 6.07 Å². The Morgan fingerprint density at radius 1 is 1.42 bits per heavy atom. The first kappa shape index (κ1) is 11.6. The first-order valence-corrected chi connectivity index (χ1v) is 6.11. The molecular weight excluding hydrogens is 310 g/mol. The Morgan fingerprint density at radius 2 is 2.26 bits per heavy atom. The maximum atomic E-state index is 11.8. The average molecular weight is 316 g/mol. The molecule has 0 aliphatic carbocycles. The van der Waals surface area contributed by atoms with Crippen molar-refractivity contribution < 1.29 is 0 Å². The second-order valence-electron chi connectivity index (χ2n) is 3.79. The van der Waals surface area contributed by atoms with Crippen LogP contribution in [0, 0.1) is 11.3 Å². The van der Waals surface area contributed by atoms with Crippen LogP contribution in [-0.4, -0.2) is 19.5 Å². The molecule has 1 N–H and O–H groups in total. The van der Waals surface area contributed by atoms with Gasteiger partial charge in [0.2, 0.25) is 0 Å². The molecule has 0 saturated carbocycles. The van der Waals surface area contributed by atoms with E-state index in [0.717, 1.165) is 0 Å². The topological polar surface area (TPSA) is 87.4 Å². The second kappa shape index (κ2) is 4.33. The zero-order valence-corrected chi connectivity index (χ0v) is 11.0. The van der Waals surface area contributed by atoms with Crippen LogP contribution < -0.4 is 5.56 Å². The minimum absolute atomic E-state index is 0.230. The minimum Gasteiger partial charge on any atom is -0.312 e. The molecule has 0 fully saturated rings. The molecule has 0 aromatic carbocycles. The SMILES string of the molecule is N#Cc1ccnc(-n2cc(Br)c3c(=O)[nH]cnc32)c1. The molecule has 0 unspecified atom stereocenters. The number of nitriles is 1. The van der Waals surface area contributed by atoms with Gasteiger partial charge < -0.3 is 4.98 Å². The van der Waals surface area contributed by atoms with E-state index < -0.39 is 0 Å². The Labute approximate surface area is 115 Å². The fourth-order valence-electron chi connectivity index (χ4n) is 1.82. The van der Waals surface area contributed by atoms with Crippen molar-refractivity contribution in [2.75, 3.05) is 0 Å². The lowest BCUT2D eigenvalue weighted by atomic mass is 10.3. The first-order chi connectivity index (χ1) is 9.20. The number of nitrogens with one attached hydrogen (secondary N) is 1. The molecule has 0 radical (unpaired) electrons. The molecule has 0 atom stereocenters. The number of H-pyrrole nitrogens is 1. The molecule has 19 heavy (non-hydrogen) atoms. The third kappa shape index (κ3) is 1.82. The van der Waals surface area contributed by atoms with Gasteiger partial charge in [-0.1, -0.05) is 0 Å². The Hall–Kier alpha value is -2.46. The maximum absolute atomic E-state index is 11.8. The van der Waals surface area contributed by atoms with Crippen LogP contribution in [0.4, 0.5) is 0 Å². The standard InChI is InChI=1S/C12H6BrN5O/c13-8-5-18(9-3-7(4-14)1-2-15-9)11-10(8)12(19)17-6-16-11/h1-3,5-6H,(H,16,17,19). The molecule has 0 bridgehead atoms. The van der Waals surface area contributed by atoms with Crippen molar-refractivity contribution in [1.29, 1.82) is 5.26 Å². The van der Waals surface area contributed by atoms with E-state index in [1.165, 1.54) is 6.33 Å². The summed E-state index contributed by atoms with van der Waals surface area (Å²) in [5, 5.41) is 9.36. The molecule has 3 heterocycles. The van der Waals surface area contributed by atoms with Crippen molar-refractivity contribution in [2.45, 2.75) is 0 Å². The lowest BCUT2D eigenvalue weighted by Crippen LogP contribution is -2.07. The van der Waals surface area contributed by atoms with Crippen LogP contribution in [0.5, 0.6) is 0 Å². The van der Waals surface area contributed by atoms with E-state index in [9.17, 15) is 4.79 Å². The molecule has 0 amide bonds. The monoisotopic (exact) mass is 315 g/mol. The molecule has 3 aromatic rings. The number of fused-ring (bicyclic) bond motifs is 1. The summed E-state index contributed by atoms with van der Waals surface area (Å²) in [4.78, 5) is 22.6. The Morgan fingerprint density at radius 3 is 3.05 bits per heavy atom. The van der Waals surface area contributed by atoms with Gasteiger partial charge in [-0.3, -0.25) is 9.36 Å². The number of aromatic nitrogens is 4. The quantitative estimate of drug-likeness (QED) is 0.741. The van der Waals surface area contributed by atoms with Gasteiger partial charge in [-0.2, -0.15) is 5.26 Å². The highest BCUT2D eigenvalue weighted by atomic mass is 79.9. The lowest BCUT2D eigenvalue weighted by Gasteiger charge is -2.02. The predicted molar refractivity (Wildman–Crippen MR) is 71.9 cm³/mol. The van der Waals surface area contributed by atoms with Gasteiger partial charge >= 0.3 is 0 Å². The summed E-state index contributed by atoms with van der Waals surface area (Å²) in [6, 6.07) is 5.30. The van der Waals surface area contributed by atoms with Crippen molar-refractivity contribution in [1.82, 2.24) is 19.5 Å². The third-order valence-corrected chi connectivity index (χ3v) is 3.27. The number of hydrogen-bond donors (Lipinski definition) is 1. The van der Waals surface area contributed by atoms with Crippen LogP contribution in [0.25, 0.3) is 16.9 Å². The molecule has 0 aliphatic rings. The molecule has 6 nitrogen and oxygen atoms in total. The van der Waals surface area contributed by atoms with Gasteiger partial charge in [0.25, 0.3) is 5.56 Å². The molecule has 3 aromatic heterocycles. The number of nitrogens with zero attached hydrogens (tertiary/aromatic N) is 4. The van der Waals surface area contributed by atoms with E-state index in [0.29, 0.717) is 26.9 Å². The van der Waals surface area contributed by atoms with Gasteiger partial charge in [-0.25, -0.2) is 9.97 Å². The highest BCUT2D eigenvalue weighted by Crippen LogP contribution is 2.23. The van der Waals surface area contributed by atoms with E-state index in [-0.39, 0.29) is 5.56 Å². The largest absolute Gasteiger partial charge is 0.312 e. The minimum atomic E-state index is -0.230. The Balaban J connectivity index is 2.35. The van der Waals surface area contributed by atoms with Crippen molar-refractivity contribution >= 4 is 27.0 Å². The van der Waals surface area contributed by atoms with Gasteiger partial charge in [0.15, 0.2) is 5.65 Å². The van der Waals surface area contributed by atoms with Crippen molar-refractivity contribution in [2.24, 2.45) is 0 Å². The number of aromatic amines is 1. The smallest absolute Gasteiger partial charge is 0.261 e. The summed E-state index contributed by atoms with van der Waals surface area (Å²) in [5.41, 5.74) is 0.748. The Bertz CT molecular complexity index is 874. The zero-order valence-electron chi connectivity index (χ0n) is 9.46. The average Bonchev–Trinajstić information content (AvgIpc) is 2.78. The number of hydrogen-bond acceptors (Lipinski definition) is 4. The third-order valence-electron chi connectivity index (χ3n) is 2.66. The van der Waals surface area contributed by atoms with Gasteiger partial charge in [-0.15, -0.1) is 0 Å². The molecular formula is C12H6BrN5O. The number of rotatable bonds is 1. The summed E-state index contributed by atoms with van der Waals surface area (Å²) in [7, 11) is 0. The first-order valence-electron chi connectivity index (χ1n) is 5.31. The summed E-state index contributed by atoms with van der Waals surface area (Å²) >= 11 is 3.33. The van der Waals surface area contributed by atoms with E-state index in [1.54, 1.807) is 29.1 Å².